The molecule has 4 N–H and O–H groups in total. The van der Waals surface area contributed by atoms with Crippen molar-refractivity contribution >= 4 is 6.21 Å². The maximum atomic E-state index is 13.6. The molecule has 3 unspecified atom stereocenters. The first kappa shape index (κ1) is 26.4. The summed E-state index contributed by atoms with van der Waals surface area (Å²) >= 11 is 0. The Hall–Kier alpha value is -1.83. The highest BCUT2D eigenvalue weighted by atomic mass is 19.3. The van der Waals surface area contributed by atoms with Gasteiger partial charge in [-0.25, -0.2) is 8.78 Å². The number of halogens is 2. The van der Waals surface area contributed by atoms with Gasteiger partial charge in [0, 0.05) is 41.4 Å². The fraction of sp³-hybridized carbons (Fsp3) is 0.640. The molecule has 0 bridgehead atoms. The van der Waals surface area contributed by atoms with Crippen LogP contribution >= 0.6 is 0 Å². The molecule has 32 heavy (non-hydrogen) atoms. The van der Waals surface area contributed by atoms with Crippen molar-refractivity contribution in [2.24, 2.45) is 22.1 Å². The maximum Gasteiger partial charge on any atom is 0.248 e. The zero-order valence-electron chi connectivity index (χ0n) is 20.0. The Morgan fingerprint density at radius 1 is 1.41 bits per heavy atom. The van der Waals surface area contributed by atoms with E-state index in [2.05, 4.69) is 22.2 Å². The zero-order chi connectivity index (χ0) is 23.8. The third-order valence-corrected chi connectivity index (χ3v) is 6.05. The van der Waals surface area contributed by atoms with Gasteiger partial charge in [-0.15, -0.1) is 0 Å². The van der Waals surface area contributed by atoms with Crippen LogP contribution in [0.4, 0.5) is 8.78 Å². The molecule has 0 radical (unpaired) electrons. The smallest absolute Gasteiger partial charge is 0.248 e. The Morgan fingerprint density at radius 3 is 2.75 bits per heavy atom. The molecule has 180 valence electrons. The van der Waals surface area contributed by atoms with E-state index in [9.17, 15) is 8.78 Å². The minimum absolute atomic E-state index is 0.0923. The second kappa shape index (κ2) is 11.3. The number of rotatable bonds is 14. The first-order chi connectivity index (χ1) is 15.0. The second-order valence-corrected chi connectivity index (χ2v) is 9.54. The van der Waals surface area contributed by atoms with Crippen LogP contribution in [0.2, 0.25) is 0 Å². The van der Waals surface area contributed by atoms with Crippen LogP contribution in [0.3, 0.4) is 0 Å². The first-order valence-electron chi connectivity index (χ1n) is 11.4. The number of nitrogens with one attached hydrogen (secondary N) is 2. The van der Waals surface area contributed by atoms with E-state index >= 15 is 0 Å². The van der Waals surface area contributed by atoms with Crippen molar-refractivity contribution in [2.45, 2.75) is 64.0 Å². The van der Waals surface area contributed by atoms with Gasteiger partial charge >= 0.3 is 0 Å². The number of nitrogens with zero attached hydrogens (tertiary/aromatic N) is 1. The highest BCUT2D eigenvalue weighted by molar-refractivity contribution is 5.67. The van der Waals surface area contributed by atoms with E-state index in [1.807, 2.05) is 45.3 Å². The molecule has 1 aliphatic heterocycles. The number of hydrogen-bond acceptors (Lipinski definition) is 5. The third-order valence-electron chi connectivity index (χ3n) is 6.05. The SMILES string of the molecule is C=C(N[C@H]1C=NC=CC1)C1CC1(COCC(C)(N)CCNC)C(/C=C\C)=C/CC(C)(F)F. The van der Waals surface area contributed by atoms with Crippen LogP contribution < -0.4 is 16.4 Å². The predicted octanol–water partition coefficient (Wildman–Crippen LogP) is 4.34. The molecule has 1 aliphatic carbocycles. The Kier molecular flexibility index (Phi) is 9.37. The second-order valence-electron chi connectivity index (χ2n) is 9.54. The van der Waals surface area contributed by atoms with Gasteiger partial charge in [0.2, 0.25) is 5.92 Å². The lowest BCUT2D eigenvalue weighted by molar-refractivity contribution is 0.0247. The molecule has 1 fully saturated rings. The summed E-state index contributed by atoms with van der Waals surface area (Å²) in [5, 5.41) is 6.57. The lowest BCUT2D eigenvalue weighted by Crippen LogP contribution is -2.44. The van der Waals surface area contributed by atoms with Crippen LogP contribution in [0.25, 0.3) is 0 Å². The van der Waals surface area contributed by atoms with E-state index in [0.29, 0.717) is 13.2 Å². The van der Waals surface area contributed by atoms with Gasteiger partial charge in [0.1, 0.15) is 0 Å². The minimum Gasteiger partial charge on any atom is -0.380 e. The Balaban J connectivity index is 2.16. The largest absolute Gasteiger partial charge is 0.380 e. The van der Waals surface area contributed by atoms with Crippen LogP contribution in [-0.2, 0) is 4.74 Å². The molecule has 1 saturated carbocycles. The molecule has 2 aliphatic rings. The molecule has 0 amide bonds. The number of alkyl halides is 2. The molecule has 0 aromatic rings. The molecule has 7 heteroatoms. The molecule has 4 atom stereocenters. The van der Waals surface area contributed by atoms with E-state index in [1.165, 1.54) is 0 Å². The van der Waals surface area contributed by atoms with Gasteiger partial charge in [-0.2, -0.15) is 0 Å². The van der Waals surface area contributed by atoms with E-state index in [-0.39, 0.29) is 23.8 Å². The van der Waals surface area contributed by atoms with Crippen LogP contribution in [0, 0.1) is 11.3 Å². The van der Waals surface area contributed by atoms with Gasteiger partial charge in [0.15, 0.2) is 0 Å². The summed E-state index contributed by atoms with van der Waals surface area (Å²) in [4.78, 5) is 4.19. The van der Waals surface area contributed by atoms with Crippen LogP contribution in [0.15, 0.2) is 53.3 Å². The maximum absolute atomic E-state index is 13.6. The van der Waals surface area contributed by atoms with E-state index in [4.69, 9.17) is 10.5 Å². The molecule has 0 aromatic heterocycles. The van der Waals surface area contributed by atoms with E-state index < -0.39 is 11.5 Å². The van der Waals surface area contributed by atoms with E-state index in [0.717, 1.165) is 44.0 Å². The van der Waals surface area contributed by atoms with Crippen molar-refractivity contribution in [3.05, 3.63) is 48.4 Å². The van der Waals surface area contributed by atoms with Crippen LogP contribution in [-0.4, -0.2) is 50.5 Å². The molecular weight excluding hydrogens is 410 g/mol. The zero-order valence-corrected chi connectivity index (χ0v) is 20.0. The summed E-state index contributed by atoms with van der Waals surface area (Å²) in [6.45, 7) is 10.7. The molecular formula is C25H40F2N4O. The van der Waals surface area contributed by atoms with Gasteiger partial charge in [-0.1, -0.05) is 30.9 Å². The normalized spacial score (nSPS) is 27.5. The molecule has 0 aromatic carbocycles. The average molecular weight is 451 g/mol. The van der Waals surface area contributed by atoms with E-state index in [1.54, 1.807) is 12.3 Å². The summed E-state index contributed by atoms with van der Waals surface area (Å²) in [5.41, 5.74) is 7.30. The van der Waals surface area contributed by atoms with Crippen molar-refractivity contribution in [3.63, 3.8) is 0 Å². The van der Waals surface area contributed by atoms with Crippen LogP contribution in [0.5, 0.6) is 0 Å². The Labute approximate surface area is 192 Å². The molecule has 5 nitrogen and oxygen atoms in total. The highest BCUT2D eigenvalue weighted by Crippen LogP contribution is 2.61. The Morgan fingerprint density at radius 2 is 2.16 bits per heavy atom. The molecule has 0 saturated heterocycles. The number of aliphatic imine (C=N–C) groups is 1. The predicted molar refractivity (Wildman–Crippen MR) is 129 cm³/mol. The number of allylic oxidation sites excluding steroid dienone is 4. The molecule has 1 heterocycles. The topological polar surface area (TPSA) is 71.7 Å². The molecule has 0 spiro atoms. The summed E-state index contributed by atoms with van der Waals surface area (Å²) in [5.74, 6) is -2.67. The van der Waals surface area contributed by atoms with Crippen LogP contribution in [0.1, 0.15) is 46.5 Å². The molecule has 2 rings (SSSR count). The summed E-state index contributed by atoms with van der Waals surface area (Å²) < 4.78 is 33.4. The first-order valence-corrected chi connectivity index (χ1v) is 11.4. The lowest BCUT2D eigenvalue weighted by Gasteiger charge is -2.28. The standard InChI is InChI=1S/C25H40F2N4O/c1-6-8-20(10-11-24(4,26)27)25(18-32-17-23(3,28)12-14-29-5)15-22(25)19(2)31-21-9-7-13-30-16-21/h6-8,10,13,16,21-22,29,31H,2,9,11-12,14-15,17-18,28H2,1,3-5H3/b8-6-,20-10+/t21-,22?,23?,25?/m1/s1. The fourth-order valence-corrected chi connectivity index (χ4v) is 4.10. The minimum atomic E-state index is -2.76. The monoisotopic (exact) mass is 450 g/mol. The summed E-state index contributed by atoms with van der Waals surface area (Å²) in [6.07, 6.45) is 13.2. The van der Waals surface area contributed by atoms with Crippen molar-refractivity contribution in [3.8, 4) is 0 Å². The van der Waals surface area contributed by atoms with Crippen molar-refractivity contribution < 1.29 is 13.5 Å². The van der Waals surface area contributed by atoms with Gasteiger partial charge in [0.25, 0.3) is 0 Å². The van der Waals surface area contributed by atoms with Gasteiger partial charge in [0.05, 0.1) is 19.3 Å². The average Bonchev–Trinajstić information content (AvgIpc) is 3.45. The van der Waals surface area contributed by atoms with Crippen molar-refractivity contribution in [1.29, 1.82) is 0 Å². The lowest BCUT2D eigenvalue weighted by atomic mass is 9.90. The summed E-state index contributed by atoms with van der Waals surface area (Å²) in [7, 11) is 1.89. The van der Waals surface area contributed by atoms with Gasteiger partial charge < -0.3 is 21.1 Å². The number of hydrogen-bond donors (Lipinski definition) is 3. The number of ether oxygens (including phenoxy) is 1. The third kappa shape index (κ3) is 7.94. The number of nitrogens with two attached hydrogens (primary N) is 1. The van der Waals surface area contributed by atoms with Gasteiger partial charge in [-0.3, -0.25) is 4.99 Å². The quantitative estimate of drug-likeness (QED) is 0.344. The Bertz CT molecular complexity index is 752. The van der Waals surface area contributed by atoms with Crippen molar-refractivity contribution in [1.82, 2.24) is 10.6 Å². The fourth-order valence-electron chi connectivity index (χ4n) is 4.10. The highest BCUT2D eigenvalue weighted by Gasteiger charge is 2.57. The summed E-state index contributed by atoms with van der Waals surface area (Å²) in [6, 6.07) is 0.0923. The van der Waals surface area contributed by atoms with Gasteiger partial charge in [-0.05, 0) is 59.2 Å². The van der Waals surface area contributed by atoms with Crippen molar-refractivity contribution in [2.75, 3.05) is 26.8 Å².